The first-order valence-electron chi connectivity index (χ1n) is 10.2. The van der Waals surface area contributed by atoms with Crippen molar-refractivity contribution in [2.24, 2.45) is 0 Å². The molecule has 2 aromatic heterocycles. The number of nitrogens with zero attached hydrogens (tertiary/aromatic N) is 2. The standard InChI is InChI=1S/C24H15F3N2O7S/c25-24(26,27)19-6-1-5-18(23(31)35-22-20(30)7-3-13-29-22)21(19)34-15-8-10-17(11-9-15)37(32,33)36-16-4-2-12-28-14-16/h1-14,30H. The zero-order chi connectivity index (χ0) is 26.6. The topological polar surface area (TPSA) is 125 Å². The number of benzene rings is 2. The van der Waals surface area contributed by atoms with Gasteiger partial charge in [0, 0.05) is 12.4 Å². The molecule has 0 unspecified atom stereocenters. The minimum Gasteiger partial charge on any atom is -0.503 e. The van der Waals surface area contributed by atoms with Gasteiger partial charge in [-0.05, 0) is 60.7 Å². The summed E-state index contributed by atoms with van der Waals surface area (Å²) in [5.74, 6) is -3.44. The maximum atomic E-state index is 13.7. The van der Waals surface area contributed by atoms with Crippen molar-refractivity contribution in [3.63, 3.8) is 0 Å². The molecule has 9 nitrogen and oxygen atoms in total. The number of esters is 1. The van der Waals surface area contributed by atoms with Crippen LogP contribution in [0.25, 0.3) is 0 Å². The summed E-state index contributed by atoms with van der Waals surface area (Å²) < 4.78 is 81.4. The van der Waals surface area contributed by atoms with E-state index in [4.69, 9.17) is 13.7 Å². The summed E-state index contributed by atoms with van der Waals surface area (Å²) in [7, 11) is -4.27. The molecule has 0 fully saturated rings. The van der Waals surface area contributed by atoms with E-state index in [9.17, 15) is 31.5 Å². The van der Waals surface area contributed by atoms with E-state index in [0.717, 1.165) is 36.4 Å². The zero-order valence-electron chi connectivity index (χ0n) is 18.4. The predicted molar refractivity (Wildman–Crippen MR) is 121 cm³/mol. The summed E-state index contributed by atoms with van der Waals surface area (Å²) in [6.45, 7) is 0. The normalized spacial score (nSPS) is 11.5. The number of aromatic hydroxyl groups is 1. The van der Waals surface area contributed by atoms with E-state index in [0.29, 0.717) is 6.07 Å². The first-order valence-corrected chi connectivity index (χ1v) is 11.6. The van der Waals surface area contributed by atoms with Gasteiger partial charge < -0.3 is 18.8 Å². The average molecular weight is 532 g/mol. The number of carbonyl (C=O) groups excluding carboxylic acids is 1. The van der Waals surface area contributed by atoms with Crippen LogP contribution in [0.5, 0.6) is 28.9 Å². The third kappa shape index (κ3) is 5.95. The second-order valence-electron chi connectivity index (χ2n) is 7.20. The number of pyridine rings is 2. The molecule has 37 heavy (non-hydrogen) atoms. The number of para-hydroxylation sites is 1. The van der Waals surface area contributed by atoms with Crippen LogP contribution in [0.1, 0.15) is 15.9 Å². The Hall–Kier alpha value is -4.65. The van der Waals surface area contributed by atoms with E-state index in [-0.39, 0.29) is 16.4 Å². The van der Waals surface area contributed by atoms with E-state index in [1.54, 1.807) is 0 Å². The molecular weight excluding hydrogens is 517 g/mol. The van der Waals surface area contributed by atoms with Crippen molar-refractivity contribution in [3.8, 4) is 28.9 Å². The van der Waals surface area contributed by atoms with Crippen LogP contribution >= 0.6 is 0 Å². The molecule has 2 heterocycles. The van der Waals surface area contributed by atoms with Crippen LogP contribution in [0.2, 0.25) is 0 Å². The van der Waals surface area contributed by atoms with Gasteiger partial charge in [-0.2, -0.15) is 21.6 Å². The lowest BCUT2D eigenvalue weighted by molar-refractivity contribution is -0.138. The molecule has 0 radical (unpaired) electrons. The van der Waals surface area contributed by atoms with Crippen LogP contribution in [0.15, 0.2) is 90.2 Å². The highest BCUT2D eigenvalue weighted by Gasteiger charge is 2.37. The molecule has 1 N–H and O–H groups in total. The van der Waals surface area contributed by atoms with E-state index in [1.165, 1.54) is 42.9 Å². The number of aromatic nitrogens is 2. The molecule has 0 saturated heterocycles. The molecule has 4 rings (SSSR count). The summed E-state index contributed by atoms with van der Waals surface area (Å²) in [6.07, 6.45) is -1.10. The van der Waals surface area contributed by atoms with Crippen LogP contribution in [0.3, 0.4) is 0 Å². The van der Waals surface area contributed by atoms with E-state index >= 15 is 0 Å². The van der Waals surface area contributed by atoms with E-state index in [1.807, 2.05) is 0 Å². The summed E-state index contributed by atoms with van der Waals surface area (Å²) >= 11 is 0. The van der Waals surface area contributed by atoms with Crippen molar-refractivity contribution in [1.29, 1.82) is 0 Å². The highest BCUT2D eigenvalue weighted by atomic mass is 32.2. The number of ether oxygens (including phenoxy) is 2. The van der Waals surface area contributed by atoms with Gasteiger partial charge in [-0.25, -0.2) is 9.78 Å². The molecule has 0 aliphatic carbocycles. The molecule has 0 bridgehead atoms. The minimum atomic E-state index is -4.92. The molecule has 0 atom stereocenters. The Morgan fingerprint density at radius 3 is 2.27 bits per heavy atom. The molecule has 13 heteroatoms. The summed E-state index contributed by atoms with van der Waals surface area (Å²) in [5, 5.41) is 9.77. The SMILES string of the molecule is O=C(Oc1ncccc1O)c1cccc(C(F)(F)F)c1Oc1ccc(S(=O)(=O)Oc2cccnc2)cc1. The van der Waals surface area contributed by atoms with Gasteiger partial charge >= 0.3 is 22.3 Å². The van der Waals surface area contributed by atoms with E-state index in [2.05, 4.69) is 9.97 Å². The average Bonchev–Trinajstić information content (AvgIpc) is 2.85. The zero-order valence-corrected chi connectivity index (χ0v) is 19.2. The Kier molecular flexibility index (Phi) is 6.98. The fourth-order valence-electron chi connectivity index (χ4n) is 3.00. The largest absolute Gasteiger partial charge is 0.503 e. The van der Waals surface area contributed by atoms with Crippen molar-refractivity contribution in [2.45, 2.75) is 11.1 Å². The Morgan fingerprint density at radius 2 is 1.62 bits per heavy atom. The number of halogens is 3. The summed E-state index contributed by atoms with van der Waals surface area (Å²) in [5.41, 5.74) is -1.90. The maximum Gasteiger partial charge on any atom is 0.420 e. The van der Waals surface area contributed by atoms with Gasteiger partial charge in [0.15, 0.2) is 17.2 Å². The monoisotopic (exact) mass is 532 g/mol. The van der Waals surface area contributed by atoms with Crippen molar-refractivity contribution >= 4 is 16.1 Å². The van der Waals surface area contributed by atoms with Gasteiger partial charge in [-0.15, -0.1) is 0 Å². The molecular formula is C24H15F3N2O7S. The molecule has 190 valence electrons. The van der Waals surface area contributed by atoms with Crippen LogP contribution in [-0.2, 0) is 16.3 Å². The van der Waals surface area contributed by atoms with Crippen LogP contribution in [-0.4, -0.2) is 29.5 Å². The molecule has 4 aromatic rings. The van der Waals surface area contributed by atoms with Gasteiger partial charge in [-0.1, -0.05) is 6.07 Å². The summed E-state index contributed by atoms with van der Waals surface area (Å²) in [4.78, 5) is 19.8. The third-order valence-corrected chi connectivity index (χ3v) is 5.91. The molecule has 0 saturated carbocycles. The summed E-state index contributed by atoms with van der Waals surface area (Å²) in [6, 6.07) is 12.4. The fraction of sp³-hybridized carbons (Fsp3) is 0.0417. The Bertz CT molecular complexity index is 1530. The highest BCUT2D eigenvalue weighted by Crippen LogP contribution is 2.41. The maximum absolute atomic E-state index is 13.7. The lowest BCUT2D eigenvalue weighted by Crippen LogP contribution is -2.15. The second kappa shape index (κ2) is 10.1. The van der Waals surface area contributed by atoms with Crippen LogP contribution < -0.4 is 13.7 Å². The van der Waals surface area contributed by atoms with Gasteiger partial charge in [0.1, 0.15) is 16.2 Å². The first kappa shape index (κ1) is 25.4. The quantitative estimate of drug-likeness (QED) is 0.259. The fourth-order valence-corrected chi connectivity index (χ4v) is 3.92. The second-order valence-corrected chi connectivity index (χ2v) is 8.74. The number of rotatable bonds is 7. The number of alkyl halides is 3. The molecule has 0 amide bonds. The molecule has 0 aliphatic heterocycles. The van der Waals surface area contributed by atoms with Gasteiger partial charge in [0.25, 0.3) is 5.88 Å². The lowest BCUT2D eigenvalue weighted by Gasteiger charge is -2.17. The smallest absolute Gasteiger partial charge is 0.420 e. The lowest BCUT2D eigenvalue weighted by atomic mass is 10.1. The number of hydrogen-bond donors (Lipinski definition) is 1. The Morgan fingerprint density at radius 1 is 0.892 bits per heavy atom. The molecule has 2 aromatic carbocycles. The number of hydrogen-bond acceptors (Lipinski definition) is 9. The van der Waals surface area contributed by atoms with Gasteiger partial charge in [0.05, 0.1) is 11.8 Å². The predicted octanol–water partition coefficient (Wildman–Crippen LogP) is 4.98. The van der Waals surface area contributed by atoms with Gasteiger partial charge in [-0.3, -0.25) is 4.98 Å². The first-order chi connectivity index (χ1) is 17.5. The third-order valence-electron chi connectivity index (χ3n) is 4.65. The van der Waals surface area contributed by atoms with Crippen LogP contribution in [0.4, 0.5) is 13.2 Å². The van der Waals surface area contributed by atoms with Crippen molar-refractivity contribution in [1.82, 2.24) is 9.97 Å². The van der Waals surface area contributed by atoms with Gasteiger partial charge in [0.2, 0.25) is 0 Å². The minimum absolute atomic E-state index is 0.0379. The van der Waals surface area contributed by atoms with Crippen LogP contribution in [0, 0.1) is 0 Å². The van der Waals surface area contributed by atoms with Crippen molar-refractivity contribution < 1.29 is 45.1 Å². The molecule has 0 spiro atoms. The van der Waals surface area contributed by atoms with Crippen molar-refractivity contribution in [3.05, 3.63) is 96.4 Å². The Balaban J connectivity index is 1.64. The Labute approximate surface area is 207 Å². The van der Waals surface area contributed by atoms with Crippen molar-refractivity contribution in [2.75, 3.05) is 0 Å². The highest BCUT2D eigenvalue weighted by molar-refractivity contribution is 7.87. The number of carbonyl (C=O) groups is 1. The van der Waals surface area contributed by atoms with E-state index < -0.39 is 50.8 Å². The molecule has 0 aliphatic rings.